The van der Waals surface area contributed by atoms with Gasteiger partial charge in [-0.05, 0) is 48.1 Å². The first-order valence-corrected chi connectivity index (χ1v) is 13.8. The molecule has 0 spiro atoms. The molecule has 7 heteroatoms. The fraction of sp³-hybridized carbons (Fsp3) is 0.533. The standard InChI is InChI=1S/C30H37N3O4/c1-36-25-18-23-24(19-26(25)37-2)29(34)33-13-12-20-8-6-7-11-22(20)28(33)27(23)30(35)32-16-14-31(15-17-32)21-9-4-3-5-10-21/h6-8,11,18-19,21,27-28H,3-5,9-10,12-17H2,1-2H3/t27-,28-/m0/s1. The van der Waals surface area contributed by atoms with Gasteiger partial charge >= 0.3 is 0 Å². The van der Waals surface area contributed by atoms with E-state index in [4.69, 9.17) is 9.47 Å². The maximum atomic E-state index is 14.4. The van der Waals surface area contributed by atoms with Gasteiger partial charge in [0, 0.05) is 44.3 Å². The first-order valence-electron chi connectivity index (χ1n) is 13.8. The number of carbonyl (C=O) groups excluding carboxylic acids is 2. The van der Waals surface area contributed by atoms with Gasteiger partial charge in [-0.3, -0.25) is 14.5 Å². The highest BCUT2D eigenvalue weighted by atomic mass is 16.5. The third-order valence-electron chi connectivity index (χ3n) is 9.01. The Hall–Kier alpha value is -3.06. The Morgan fingerprint density at radius 2 is 1.57 bits per heavy atom. The van der Waals surface area contributed by atoms with Crippen LogP contribution in [-0.2, 0) is 11.2 Å². The van der Waals surface area contributed by atoms with Gasteiger partial charge in [-0.1, -0.05) is 43.5 Å². The van der Waals surface area contributed by atoms with E-state index in [9.17, 15) is 9.59 Å². The van der Waals surface area contributed by atoms with E-state index in [-0.39, 0.29) is 17.9 Å². The molecule has 0 radical (unpaired) electrons. The summed E-state index contributed by atoms with van der Waals surface area (Å²) in [7, 11) is 3.17. The van der Waals surface area contributed by atoms with Crippen molar-refractivity contribution in [3.05, 3.63) is 58.7 Å². The van der Waals surface area contributed by atoms with Crippen LogP contribution in [0.1, 0.15) is 71.1 Å². The third kappa shape index (κ3) is 4.17. The summed E-state index contributed by atoms with van der Waals surface area (Å²) in [4.78, 5) is 34.8. The van der Waals surface area contributed by atoms with Gasteiger partial charge in [0.1, 0.15) is 0 Å². The maximum Gasteiger partial charge on any atom is 0.254 e. The quantitative estimate of drug-likeness (QED) is 0.631. The van der Waals surface area contributed by atoms with Crippen LogP contribution in [0.3, 0.4) is 0 Å². The van der Waals surface area contributed by atoms with Crippen molar-refractivity contribution in [2.75, 3.05) is 46.9 Å². The van der Waals surface area contributed by atoms with Crippen LogP contribution in [-0.4, -0.2) is 79.5 Å². The molecule has 0 unspecified atom stereocenters. The molecule has 2 atom stereocenters. The molecule has 2 amide bonds. The number of ether oxygens (including phenoxy) is 2. The van der Waals surface area contributed by atoms with Gasteiger partial charge in [-0.15, -0.1) is 0 Å². The molecule has 4 aliphatic rings. The van der Waals surface area contributed by atoms with Crippen LogP contribution in [0.15, 0.2) is 36.4 Å². The Labute approximate surface area is 219 Å². The summed E-state index contributed by atoms with van der Waals surface area (Å²) < 4.78 is 11.1. The summed E-state index contributed by atoms with van der Waals surface area (Å²) in [5, 5.41) is 0. The summed E-state index contributed by atoms with van der Waals surface area (Å²) in [5.41, 5.74) is 3.61. The highest BCUT2D eigenvalue weighted by Gasteiger charge is 2.48. The van der Waals surface area contributed by atoms with E-state index in [0.717, 1.165) is 43.7 Å². The molecule has 7 nitrogen and oxygen atoms in total. The van der Waals surface area contributed by atoms with Gasteiger partial charge in [0.05, 0.1) is 26.2 Å². The molecule has 1 saturated heterocycles. The molecule has 0 aromatic heterocycles. The fourth-order valence-corrected chi connectivity index (χ4v) is 7.07. The first-order chi connectivity index (χ1) is 18.1. The van der Waals surface area contributed by atoms with Crippen LogP contribution in [0.2, 0.25) is 0 Å². The number of benzene rings is 2. The Morgan fingerprint density at radius 1 is 0.865 bits per heavy atom. The predicted molar refractivity (Wildman–Crippen MR) is 141 cm³/mol. The Kier molecular flexibility index (Phi) is 6.57. The van der Waals surface area contributed by atoms with E-state index in [0.29, 0.717) is 29.6 Å². The van der Waals surface area contributed by atoms with Crippen molar-refractivity contribution in [2.24, 2.45) is 0 Å². The topological polar surface area (TPSA) is 62.3 Å². The van der Waals surface area contributed by atoms with E-state index in [1.54, 1.807) is 20.3 Å². The van der Waals surface area contributed by atoms with Crippen LogP contribution in [0.25, 0.3) is 0 Å². The molecule has 2 aromatic carbocycles. The summed E-state index contributed by atoms with van der Waals surface area (Å²) in [6.45, 7) is 3.92. The van der Waals surface area contributed by atoms with Gasteiger partial charge in [0.15, 0.2) is 11.5 Å². The first kappa shape index (κ1) is 24.3. The fourth-order valence-electron chi connectivity index (χ4n) is 7.07. The molecule has 3 aliphatic heterocycles. The minimum absolute atomic E-state index is 0.0402. The number of amides is 2. The van der Waals surface area contributed by atoms with Crippen LogP contribution in [0.5, 0.6) is 11.5 Å². The molecule has 3 heterocycles. The molecular weight excluding hydrogens is 466 g/mol. The van der Waals surface area contributed by atoms with Crippen molar-refractivity contribution in [1.29, 1.82) is 0 Å². The molecule has 1 aliphatic carbocycles. The molecule has 196 valence electrons. The van der Waals surface area contributed by atoms with Crippen LogP contribution < -0.4 is 9.47 Å². The Bertz CT molecular complexity index is 1180. The van der Waals surface area contributed by atoms with Gasteiger partial charge in [0.2, 0.25) is 5.91 Å². The lowest BCUT2D eigenvalue weighted by Crippen LogP contribution is -2.56. The van der Waals surface area contributed by atoms with Gasteiger partial charge < -0.3 is 19.3 Å². The molecule has 1 saturated carbocycles. The normalized spacial score (nSPS) is 24.2. The Morgan fingerprint density at radius 3 is 2.30 bits per heavy atom. The third-order valence-corrected chi connectivity index (χ3v) is 9.01. The number of nitrogens with zero attached hydrogens (tertiary/aromatic N) is 3. The molecule has 37 heavy (non-hydrogen) atoms. The zero-order chi connectivity index (χ0) is 25.5. The SMILES string of the molecule is COc1cc2c(cc1OC)[C@H](C(=O)N1CCN(C3CCCCC3)CC1)[C@@H]1c3ccccc3CCN1C2=O. The van der Waals surface area contributed by atoms with E-state index in [1.165, 1.54) is 37.7 Å². The van der Waals surface area contributed by atoms with Crippen molar-refractivity contribution in [1.82, 2.24) is 14.7 Å². The van der Waals surface area contributed by atoms with E-state index in [1.807, 2.05) is 28.0 Å². The number of carbonyl (C=O) groups is 2. The second-order valence-electron chi connectivity index (χ2n) is 10.8. The van der Waals surface area contributed by atoms with Crippen molar-refractivity contribution in [2.45, 2.75) is 56.5 Å². The average Bonchev–Trinajstić information content (AvgIpc) is 2.97. The highest BCUT2D eigenvalue weighted by Crippen LogP contribution is 2.49. The van der Waals surface area contributed by atoms with Crippen LogP contribution in [0.4, 0.5) is 0 Å². The minimum Gasteiger partial charge on any atom is -0.493 e. The summed E-state index contributed by atoms with van der Waals surface area (Å²) >= 11 is 0. The van der Waals surface area contributed by atoms with Gasteiger partial charge in [-0.25, -0.2) is 0 Å². The molecule has 0 bridgehead atoms. The molecule has 2 aromatic rings. The summed E-state index contributed by atoms with van der Waals surface area (Å²) in [6.07, 6.45) is 7.34. The maximum absolute atomic E-state index is 14.4. The van der Waals surface area contributed by atoms with Crippen molar-refractivity contribution in [3.8, 4) is 11.5 Å². The van der Waals surface area contributed by atoms with Crippen LogP contribution >= 0.6 is 0 Å². The van der Waals surface area contributed by atoms with Gasteiger partial charge in [-0.2, -0.15) is 0 Å². The molecular formula is C30H37N3O4. The lowest BCUT2D eigenvalue weighted by molar-refractivity contribution is -0.137. The average molecular weight is 504 g/mol. The second-order valence-corrected chi connectivity index (χ2v) is 10.8. The number of piperazine rings is 1. The van der Waals surface area contributed by atoms with Gasteiger partial charge in [0.25, 0.3) is 5.91 Å². The van der Waals surface area contributed by atoms with E-state index >= 15 is 0 Å². The lowest BCUT2D eigenvalue weighted by atomic mass is 9.75. The molecule has 0 N–H and O–H groups in total. The van der Waals surface area contributed by atoms with Crippen molar-refractivity contribution >= 4 is 11.8 Å². The lowest BCUT2D eigenvalue weighted by Gasteiger charge is -2.47. The highest BCUT2D eigenvalue weighted by molar-refractivity contribution is 6.02. The van der Waals surface area contributed by atoms with E-state index in [2.05, 4.69) is 17.0 Å². The van der Waals surface area contributed by atoms with Crippen molar-refractivity contribution in [3.63, 3.8) is 0 Å². The summed E-state index contributed by atoms with van der Waals surface area (Å²) in [5.74, 6) is 0.650. The summed E-state index contributed by atoms with van der Waals surface area (Å²) in [6, 6.07) is 12.3. The number of rotatable bonds is 4. The van der Waals surface area contributed by atoms with Crippen LogP contribution in [0, 0.1) is 0 Å². The van der Waals surface area contributed by atoms with Crippen molar-refractivity contribution < 1.29 is 19.1 Å². The number of hydrogen-bond donors (Lipinski definition) is 0. The number of fused-ring (bicyclic) bond motifs is 4. The smallest absolute Gasteiger partial charge is 0.254 e. The largest absolute Gasteiger partial charge is 0.493 e. The Balaban J connectivity index is 1.37. The molecule has 6 rings (SSSR count). The monoisotopic (exact) mass is 503 g/mol. The predicted octanol–water partition coefficient (Wildman–Crippen LogP) is 4.02. The number of hydrogen-bond acceptors (Lipinski definition) is 5. The second kappa shape index (κ2) is 10.0. The van der Waals surface area contributed by atoms with E-state index < -0.39 is 5.92 Å². The zero-order valence-corrected chi connectivity index (χ0v) is 21.9. The zero-order valence-electron chi connectivity index (χ0n) is 21.9. The number of methoxy groups -OCH3 is 2. The minimum atomic E-state index is -0.477. The molecule has 2 fully saturated rings.